The molecule has 0 N–H and O–H groups in total. The summed E-state index contributed by atoms with van der Waals surface area (Å²) < 4.78 is 0. The molecule has 76 valence electrons. The van der Waals surface area contributed by atoms with Crippen molar-refractivity contribution in [2.24, 2.45) is 0 Å². The lowest BCUT2D eigenvalue weighted by molar-refractivity contribution is -0.136. The summed E-state index contributed by atoms with van der Waals surface area (Å²) >= 11 is 4.09. The number of carbonyl (C=O) groups is 1. The molecular weight excluding hydrogens is 182 g/mol. The largest absolute Gasteiger partial charge is 0.337 e. The molecule has 0 aliphatic carbocycles. The number of nitrogens with zero attached hydrogens (tertiary/aromatic N) is 1. The molecule has 2 unspecified atom stereocenters. The minimum Gasteiger partial charge on any atom is -0.337 e. The summed E-state index contributed by atoms with van der Waals surface area (Å²) in [6.45, 7) is 4.29. The zero-order chi connectivity index (χ0) is 9.84. The molecule has 1 rings (SSSR count). The van der Waals surface area contributed by atoms with Gasteiger partial charge in [-0.3, -0.25) is 4.79 Å². The van der Waals surface area contributed by atoms with E-state index in [0.29, 0.717) is 24.3 Å². The molecule has 0 aromatic heterocycles. The van der Waals surface area contributed by atoms with E-state index in [1.54, 1.807) is 0 Å². The average molecular weight is 201 g/mol. The number of hydrogen-bond acceptors (Lipinski definition) is 2. The second kappa shape index (κ2) is 4.89. The molecular formula is C10H19NOS. The molecule has 0 aromatic carbocycles. The third-order valence-electron chi connectivity index (χ3n) is 2.81. The van der Waals surface area contributed by atoms with Gasteiger partial charge in [-0.1, -0.05) is 0 Å². The highest BCUT2D eigenvalue weighted by Crippen LogP contribution is 2.23. The lowest BCUT2D eigenvalue weighted by Crippen LogP contribution is -2.47. The molecule has 2 atom stereocenters. The van der Waals surface area contributed by atoms with Gasteiger partial charge < -0.3 is 4.90 Å². The van der Waals surface area contributed by atoms with Gasteiger partial charge >= 0.3 is 0 Å². The SMILES string of the molecule is CC1CCCC(C)N1C(=O)CCS. The van der Waals surface area contributed by atoms with Crippen molar-refractivity contribution in [3.8, 4) is 0 Å². The Morgan fingerprint density at radius 3 is 2.38 bits per heavy atom. The Hall–Kier alpha value is -0.180. The van der Waals surface area contributed by atoms with Crippen molar-refractivity contribution in [3.05, 3.63) is 0 Å². The molecule has 1 aliphatic rings. The van der Waals surface area contributed by atoms with E-state index in [1.807, 2.05) is 4.90 Å². The number of likely N-dealkylation sites (tertiary alicyclic amines) is 1. The third-order valence-corrected chi connectivity index (χ3v) is 3.03. The Kier molecular flexibility index (Phi) is 4.10. The van der Waals surface area contributed by atoms with Gasteiger partial charge in [0.15, 0.2) is 0 Å². The van der Waals surface area contributed by atoms with Gasteiger partial charge in [0.1, 0.15) is 0 Å². The van der Waals surface area contributed by atoms with E-state index < -0.39 is 0 Å². The number of rotatable bonds is 2. The molecule has 13 heavy (non-hydrogen) atoms. The zero-order valence-corrected chi connectivity index (χ0v) is 9.39. The first kappa shape index (κ1) is 10.9. The fourth-order valence-corrected chi connectivity index (χ4v) is 2.33. The van der Waals surface area contributed by atoms with Crippen LogP contribution in [0.1, 0.15) is 39.5 Å². The monoisotopic (exact) mass is 201 g/mol. The van der Waals surface area contributed by atoms with Gasteiger partial charge in [-0.2, -0.15) is 12.6 Å². The quantitative estimate of drug-likeness (QED) is 0.678. The van der Waals surface area contributed by atoms with Crippen molar-refractivity contribution in [2.45, 2.75) is 51.6 Å². The molecule has 1 amide bonds. The van der Waals surface area contributed by atoms with Crippen LogP contribution in [0.4, 0.5) is 0 Å². The van der Waals surface area contributed by atoms with Gasteiger partial charge in [0.05, 0.1) is 0 Å². The summed E-state index contributed by atoms with van der Waals surface area (Å²) in [5, 5.41) is 0. The molecule has 0 bridgehead atoms. The van der Waals surface area contributed by atoms with Gasteiger partial charge in [-0.05, 0) is 38.9 Å². The summed E-state index contributed by atoms with van der Waals surface area (Å²) in [5.41, 5.74) is 0. The summed E-state index contributed by atoms with van der Waals surface area (Å²) in [4.78, 5) is 13.7. The van der Waals surface area contributed by atoms with E-state index in [2.05, 4.69) is 26.5 Å². The Bertz CT molecular complexity index is 174. The van der Waals surface area contributed by atoms with Gasteiger partial charge in [-0.25, -0.2) is 0 Å². The second-order valence-corrected chi connectivity index (χ2v) is 4.35. The molecule has 2 nitrogen and oxygen atoms in total. The van der Waals surface area contributed by atoms with Crippen LogP contribution in [0, 0.1) is 0 Å². The maximum absolute atomic E-state index is 11.7. The Balaban J connectivity index is 2.57. The molecule has 1 fully saturated rings. The molecule has 1 saturated heterocycles. The number of amides is 1. The second-order valence-electron chi connectivity index (χ2n) is 3.90. The van der Waals surface area contributed by atoms with Crippen molar-refractivity contribution in [3.63, 3.8) is 0 Å². The van der Waals surface area contributed by atoms with Crippen molar-refractivity contribution in [2.75, 3.05) is 5.75 Å². The summed E-state index contributed by atoms with van der Waals surface area (Å²) in [6.07, 6.45) is 4.15. The van der Waals surface area contributed by atoms with Crippen molar-refractivity contribution in [1.82, 2.24) is 4.90 Å². The standard InChI is InChI=1S/C10H19NOS/c1-8-4-3-5-9(2)11(8)10(12)6-7-13/h8-9,13H,3-7H2,1-2H3. The van der Waals surface area contributed by atoms with Crippen LogP contribution in [0.15, 0.2) is 0 Å². The van der Waals surface area contributed by atoms with E-state index in [0.717, 1.165) is 12.8 Å². The maximum atomic E-state index is 11.7. The van der Waals surface area contributed by atoms with Crippen LogP contribution in [0.25, 0.3) is 0 Å². The van der Waals surface area contributed by atoms with E-state index in [1.165, 1.54) is 6.42 Å². The van der Waals surface area contributed by atoms with Crippen LogP contribution >= 0.6 is 12.6 Å². The van der Waals surface area contributed by atoms with Gasteiger partial charge in [-0.15, -0.1) is 0 Å². The summed E-state index contributed by atoms with van der Waals surface area (Å²) in [5.74, 6) is 0.934. The first-order valence-electron chi connectivity index (χ1n) is 5.09. The van der Waals surface area contributed by atoms with Gasteiger partial charge in [0, 0.05) is 18.5 Å². The normalized spacial score (nSPS) is 29.0. The first-order chi connectivity index (χ1) is 6.16. The van der Waals surface area contributed by atoms with Gasteiger partial charge in [0.25, 0.3) is 0 Å². The van der Waals surface area contributed by atoms with Crippen LogP contribution < -0.4 is 0 Å². The zero-order valence-electron chi connectivity index (χ0n) is 8.49. The summed E-state index contributed by atoms with van der Waals surface area (Å²) in [7, 11) is 0. The molecule has 3 heteroatoms. The number of thiol groups is 1. The van der Waals surface area contributed by atoms with Crippen molar-refractivity contribution < 1.29 is 4.79 Å². The fraction of sp³-hybridized carbons (Fsp3) is 0.900. The molecule has 1 aliphatic heterocycles. The topological polar surface area (TPSA) is 20.3 Å². The van der Waals surface area contributed by atoms with Crippen LogP contribution in [0.3, 0.4) is 0 Å². The van der Waals surface area contributed by atoms with Crippen LogP contribution in [-0.2, 0) is 4.79 Å². The molecule has 0 saturated carbocycles. The van der Waals surface area contributed by atoms with Gasteiger partial charge in [0.2, 0.25) is 5.91 Å². The molecule has 0 aromatic rings. The molecule has 0 radical (unpaired) electrons. The Morgan fingerprint density at radius 1 is 1.38 bits per heavy atom. The predicted octanol–water partition coefficient (Wildman–Crippen LogP) is 2.10. The predicted molar refractivity (Wildman–Crippen MR) is 58.1 cm³/mol. The van der Waals surface area contributed by atoms with Crippen LogP contribution in [0.2, 0.25) is 0 Å². The minimum atomic E-state index is 0.273. The highest BCUT2D eigenvalue weighted by atomic mass is 32.1. The van der Waals surface area contributed by atoms with Crippen molar-refractivity contribution in [1.29, 1.82) is 0 Å². The smallest absolute Gasteiger partial charge is 0.223 e. The average Bonchev–Trinajstić information content (AvgIpc) is 2.04. The van der Waals surface area contributed by atoms with Crippen LogP contribution in [0.5, 0.6) is 0 Å². The van der Waals surface area contributed by atoms with E-state index in [4.69, 9.17) is 0 Å². The molecule has 0 spiro atoms. The highest BCUT2D eigenvalue weighted by molar-refractivity contribution is 7.80. The maximum Gasteiger partial charge on any atom is 0.223 e. The van der Waals surface area contributed by atoms with Crippen LogP contribution in [-0.4, -0.2) is 28.6 Å². The molecule has 1 heterocycles. The highest BCUT2D eigenvalue weighted by Gasteiger charge is 2.27. The lowest BCUT2D eigenvalue weighted by atomic mass is 9.97. The minimum absolute atomic E-state index is 0.273. The van der Waals surface area contributed by atoms with Crippen molar-refractivity contribution >= 4 is 18.5 Å². The summed E-state index contributed by atoms with van der Waals surface area (Å²) in [6, 6.07) is 0.854. The third kappa shape index (κ3) is 2.63. The van der Waals surface area contributed by atoms with E-state index in [9.17, 15) is 4.79 Å². The number of carbonyl (C=O) groups excluding carboxylic acids is 1. The van der Waals surface area contributed by atoms with E-state index in [-0.39, 0.29) is 5.91 Å². The first-order valence-corrected chi connectivity index (χ1v) is 5.72. The van der Waals surface area contributed by atoms with E-state index >= 15 is 0 Å². The Morgan fingerprint density at radius 2 is 1.92 bits per heavy atom. The number of piperidine rings is 1. The lowest BCUT2D eigenvalue weighted by Gasteiger charge is -2.39. The fourth-order valence-electron chi connectivity index (χ4n) is 2.14. The number of hydrogen-bond donors (Lipinski definition) is 1. The Labute approximate surface area is 86.1 Å².